The van der Waals surface area contributed by atoms with Crippen LogP contribution in [0.2, 0.25) is 0 Å². The zero-order valence-electron chi connectivity index (χ0n) is 22.5. The number of carbonyl (C=O) groups is 3. The zero-order chi connectivity index (χ0) is 29.1. The van der Waals surface area contributed by atoms with E-state index in [2.05, 4.69) is 15.5 Å². The number of aryl methyl sites for hydroxylation is 1. The Balaban J connectivity index is 1.27. The normalized spacial score (nSPS) is 18.0. The highest BCUT2D eigenvalue weighted by Gasteiger charge is 2.54. The van der Waals surface area contributed by atoms with Gasteiger partial charge in [-0.1, -0.05) is 89.8 Å². The number of nitrogens with one attached hydrogen (secondary N) is 1. The molecule has 0 aliphatic carbocycles. The molecule has 2 aromatic carbocycles. The maximum atomic E-state index is 14.1. The molecule has 2 aliphatic heterocycles. The van der Waals surface area contributed by atoms with E-state index < -0.39 is 23.5 Å². The minimum atomic E-state index is -0.704. The second kappa shape index (κ2) is 12.8. The van der Waals surface area contributed by atoms with Gasteiger partial charge in [-0.3, -0.25) is 14.5 Å². The minimum absolute atomic E-state index is 0.211. The molecule has 8 nitrogen and oxygen atoms in total. The van der Waals surface area contributed by atoms with E-state index in [9.17, 15) is 14.4 Å². The number of hydrogen-bond acceptors (Lipinski definition) is 10. The van der Waals surface area contributed by atoms with E-state index in [-0.39, 0.29) is 23.9 Å². The number of aromatic nitrogens is 2. The molecule has 2 atom stereocenters. The summed E-state index contributed by atoms with van der Waals surface area (Å²) in [5.41, 5.74) is 2.69. The molecule has 4 aromatic rings. The van der Waals surface area contributed by atoms with Crippen LogP contribution in [0.25, 0.3) is 0 Å². The van der Waals surface area contributed by atoms with Gasteiger partial charge in [0.05, 0.1) is 6.42 Å². The summed E-state index contributed by atoms with van der Waals surface area (Å²) >= 11 is 6.00. The molecule has 0 bridgehead atoms. The molecule has 12 heteroatoms. The third-order valence-corrected chi connectivity index (χ3v) is 11.1. The molecule has 0 radical (unpaired) electrons. The number of rotatable bonds is 10. The Labute approximate surface area is 259 Å². The number of esters is 1. The maximum absolute atomic E-state index is 14.1. The Morgan fingerprint density at radius 1 is 1.05 bits per heavy atom. The van der Waals surface area contributed by atoms with E-state index in [0.29, 0.717) is 11.5 Å². The molecule has 4 heterocycles. The van der Waals surface area contributed by atoms with Gasteiger partial charge in [0.15, 0.2) is 10.4 Å². The number of thioether (sulfide) groups is 2. The number of benzene rings is 2. The quantitative estimate of drug-likeness (QED) is 0.144. The Morgan fingerprint density at radius 3 is 2.38 bits per heavy atom. The molecule has 0 saturated carbocycles. The van der Waals surface area contributed by atoms with Crippen molar-refractivity contribution in [2.24, 2.45) is 0 Å². The van der Waals surface area contributed by atoms with Crippen LogP contribution in [0.15, 0.2) is 93.8 Å². The largest absolute Gasteiger partial charge is 0.448 e. The fraction of sp³-hybridized carbons (Fsp3) is 0.233. The van der Waals surface area contributed by atoms with Crippen molar-refractivity contribution in [3.8, 4) is 0 Å². The SMILES string of the molecule is Cc1nnc(SCC2=C(C(=O)OC(c3ccccc3)c3ccccc3)N3C(=O)[C@@H](NC(=O)Cc4cccs4)[C@H]3SC2)s1. The van der Waals surface area contributed by atoms with Gasteiger partial charge in [0.1, 0.15) is 22.1 Å². The molecular weight excluding hydrogens is 609 g/mol. The average molecular weight is 635 g/mol. The van der Waals surface area contributed by atoms with Crippen molar-refractivity contribution in [1.29, 1.82) is 0 Å². The topological polar surface area (TPSA) is 101 Å². The van der Waals surface area contributed by atoms with Gasteiger partial charge < -0.3 is 10.1 Å². The van der Waals surface area contributed by atoms with Gasteiger partial charge in [-0.15, -0.1) is 33.3 Å². The number of fused-ring (bicyclic) bond motifs is 1. The number of nitrogens with zero attached hydrogens (tertiary/aromatic N) is 3. The number of thiophene rings is 1. The molecule has 2 amide bonds. The Bertz CT molecular complexity index is 1570. The summed E-state index contributed by atoms with van der Waals surface area (Å²) in [5.74, 6) is -0.130. The highest BCUT2D eigenvalue weighted by molar-refractivity contribution is 8.01. The van der Waals surface area contributed by atoms with E-state index >= 15 is 0 Å². The van der Waals surface area contributed by atoms with Crippen LogP contribution in [0, 0.1) is 6.92 Å². The molecule has 0 unspecified atom stereocenters. The molecule has 214 valence electrons. The van der Waals surface area contributed by atoms with Crippen molar-refractivity contribution >= 4 is 64.0 Å². The lowest BCUT2D eigenvalue weighted by Gasteiger charge is -2.49. The lowest BCUT2D eigenvalue weighted by atomic mass is 10.0. The monoisotopic (exact) mass is 634 g/mol. The number of β-lactam (4-membered cyclic amide) rings is 1. The van der Waals surface area contributed by atoms with Gasteiger partial charge in [0.2, 0.25) is 5.91 Å². The number of carbonyl (C=O) groups excluding carboxylic acids is 3. The predicted molar refractivity (Wildman–Crippen MR) is 166 cm³/mol. The van der Waals surface area contributed by atoms with Crippen LogP contribution in [0.5, 0.6) is 0 Å². The molecule has 2 aromatic heterocycles. The van der Waals surface area contributed by atoms with Crippen molar-refractivity contribution in [1.82, 2.24) is 20.4 Å². The van der Waals surface area contributed by atoms with Crippen LogP contribution in [-0.2, 0) is 25.5 Å². The Morgan fingerprint density at radius 2 is 1.76 bits per heavy atom. The van der Waals surface area contributed by atoms with Crippen molar-refractivity contribution in [3.05, 3.63) is 110 Å². The van der Waals surface area contributed by atoms with E-state index in [0.717, 1.165) is 30.9 Å². The predicted octanol–water partition coefficient (Wildman–Crippen LogP) is 5.23. The number of amides is 2. The second-order valence-corrected chi connectivity index (χ2v) is 14.2. The van der Waals surface area contributed by atoms with Crippen LogP contribution in [-0.4, -0.2) is 55.8 Å². The van der Waals surface area contributed by atoms with Gasteiger partial charge in [-0.05, 0) is 35.1 Å². The van der Waals surface area contributed by atoms with E-state index in [4.69, 9.17) is 4.74 Å². The van der Waals surface area contributed by atoms with Crippen LogP contribution >= 0.6 is 46.2 Å². The van der Waals surface area contributed by atoms with Crippen LogP contribution in [0.4, 0.5) is 0 Å². The highest BCUT2D eigenvalue weighted by Crippen LogP contribution is 2.43. The molecule has 1 saturated heterocycles. The smallest absolute Gasteiger partial charge is 0.356 e. The van der Waals surface area contributed by atoms with Gasteiger partial charge in [-0.25, -0.2) is 4.79 Å². The van der Waals surface area contributed by atoms with Crippen LogP contribution in [0.1, 0.15) is 27.1 Å². The summed E-state index contributed by atoms with van der Waals surface area (Å²) in [5, 5.41) is 13.6. The third kappa shape index (κ3) is 6.17. The molecular formula is C30H26N4O4S4. The zero-order valence-corrected chi connectivity index (χ0v) is 25.7. The fourth-order valence-electron chi connectivity index (χ4n) is 4.81. The van der Waals surface area contributed by atoms with Gasteiger partial charge in [0.25, 0.3) is 5.91 Å². The Hall–Kier alpha value is -3.45. The molecule has 6 rings (SSSR count). The van der Waals surface area contributed by atoms with Crippen LogP contribution < -0.4 is 5.32 Å². The van der Waals surface area contributed by atoms with Crippen molar-refractivity contribution in [2.75, 3.05) is 11.5 Å². The highest BCUT2D eigenvalue weighted by atomic mass is 32.2. The first-order valence-electron chi connectivity index (χ1n) is 13.2. The van der Waals surface area contributed by atoms with Gasteiger partial charge in [-0.2, -0.15) is 0 Å². The van der Waals surface area contributed by atoms with Gasteiger partial charge in [0, 0.05) is 16.4 Å². The van der Waals surface area contributed by atoms with Crippen LogP contribution in [0.3, 0.4) is 0 Å². The molecule has 2 aliphatic rings. The number of ether oxygens (including phenoxy) is 1. The summed E-state index contributed by atoms with van der Waals surface area (Å²) < 4.78 is 7.01. The summed E-state index contributed by atoms with van der Waals surface area (Å²) in [6, 6.07) is 22.2. The molecule has 1 fully saturated rings. The summed E-state index contributed by atoms with van der Waals surface area (Å²) in [7, 11) is 0. The first-order valence-corrected chi connectivity index (χ1v) is 16.9. The van der Waals surface area contributed by atoms with E-state index in [1.54, 1.807) is 0 Å². The molecule has 42 heavy (non-hydrogen) atoms. The minimum Gasteiger partial charge on any atom is -0.448 e. The molecule has 0 spiro atoms. The summed E-state index contributed by atoms with van der Waals surface area (Å²) in [6.45, 7) is 1.89. The number of hydrogen-bond donors (Lipinski definition) is 1. The standard InChI is InChI=1S/C30H26N4O4S4/c1-18-32-33-30(42-18)41-17-21-16-40-28-24(31-23(35)15-22-13-8-14-39-22)27(36)34(28)25(21)29(37)38-26(19-9-4-2-5-10-19)20-11-6-3-7-12-20/h2-14,24,26,28H,15-17H2,1H3,(H,31,35)/t24-,28-/m1/s1. The fourth-order valence-corrected chi connectivity index (χ4v) is 8.82. The average Bonchev–Trinajstić information content (AvgIpc) is 3.69. The summed E-state index contributed by atoms with van der Waals surface area (Å²) in [4.78, 5) is 42.7. The second-order valence-electron chi connectivity index (χ2n) is 9.65. The summed E-state index contributed by atoms with van der Waals surface area (Å²) in [6.07, 6.45) is -0.444. The molecule has 1 N–H and O–H groups in total. The first-order chi connectivity index (χ1) is 20.5. The van der Waals surface area contributed by atoms with Gasteiger partial charge >= 0.3 is 5.97 Å². The van der Waals surface area contributed by atoms with E-state index in [1.165, 1.54) is 51.1 Å². The first kappa shape index (κ1) is 28.7. The maximum Gasteiger partial charge on any atom is 0.356 e. The van der Waals surface area contributed by atoms with Crippen molar-refractivity contribution in [2.45, 2.75) is 35.2 Å². The van der Waals surface area contributed by atoms with Crippen molar-refractivity contribution < 1.29 is 19.1 Å². The lowest BCUT2D eigenvalue weighted by molar-refractivity contribution is -0.154. The van der Waals surface area contributed by atoms with Crippen molar-refractivity contribution in [3.63, 3.8) is 0 Å². The third-order valence-electron chi connectivity index (χ3n) is 6.78. The van der Waals surface area contributed by atoms with E-state index in [1.807, 2.05) is 85.1 Å². The Kier molecular flexibility index (Phi) is 8.75. The lowest BCUT2D eigenvalue weighted by Crippen LogP contribution is -2.70.